The topological polar surface area (TPSA) is 29.3 Å². The number of anilines is 2. The second kappa shape index (κ2) is 4.82. The molecular formula is C14H18Cl2N2. The van der Waals surface area contributed by atoms with E-state index in [2.05, 4.69) is 4.90 Å². The molecule has 0 aromatic heterocycles. The molecule has 0 amide bonds. The number of nitrogens with two attached hydrogens (primary N) is 1. The van der Waals surface area contributed by atoms with Gasteiger partial charge in [0, 0.05) is 13.1 Å². The highest BCUT2D eigenvalue weighted by Gasteiger charge is 2.30. The first-order valence-corrected chi connectivity index (χ1v) is 7.38. The first kappa shape index (κ1) is 12.4. The van der Waals surface area contributed by atoms with Crippen LogP contribution in [0.5, 0.6) is 0 Å². The van der Waals surface area contributed by atoms with E-state index in [4.69, 9.17) is 28.9 Å². The first-order chi connectivity index (χ1) is 8.63. The van der Waals surface area contributed by atoms with Gasteiger partial charge in [0.1, 0.15) is 0 Å². The van der Waals surface area contributed by atoms with E-state index >= 15 is 0 Å². The Morgan fingerprint density at radius 2 is 1.50 bits per heavy atom. The highest BCUT2D eigenvalue weighted by molar-refractivity contribution is 6.42. The lowest BCUT2D eigenvalue weighted by molar-refractivity contribution is 0.680. The molecule has 98 valence electrons. The van der Waals surface area contributed by atoms with Crippen molar-refractivity contribution in [2.45, 2.75) is 25.7 Å². The summed E-state index contributed by atoms with van der Waals surface area (Å²) in [5.74, 6) is 1.69. The Morgan fingerprint density at radius 3 is 2.00 bits per heavy atom. The summed E-state index contributed by atoms with van der Waals surface area (Å²) >= 11 is 12.1. The molecule has 0 saturated heterocycles. The average Bonchev–Trinajstić information content (AvgIpc) is 3.17. The second-order valence-electron chi connectivity index (χ2n) is 5.62. The van der Waals surface area contributed by atoms with E-state index in [0.29, 0.717) is 10.0 Å². The van der Waals surface area contributed by atoms with E-state index in [0.717, 1.165) is 36.3 Å². The van der Waals surface area contributed by atoms with E-state index in [1.165, 1.54) is 25.7 Å². The summed E-state index contributed by atoms with van der Waals surface area (Å²) in [4.78, 5) is 2.41. The predicted octanol–water partition coefficient (Wildman–Crippen LogP) is 4.20. The third-order valence-electron chi connectivity index (χ3n) is 3.76. The Bertz CT molecular complexity index is 439. The molecule has 2 aliphatic rings. The fourth-order valence-corrected chi connectivity index (χ4v) is 2.65. The number of nitrogens with zero attached hydrogens (tertiary/aromatic N) is 1. The first-order valence-electron chi connectivity index (χ1n) is 6.63. The van der Waals surface area contributed by atoms with Crippen LogP contribution in [0, 0.1) is 11.8 Å². The molecule has 4 heteroatoms. The van der Waals surface area contributed by atoms with E-state index in [-0.39, 0.29) is 0 Å². The summed E-state index contributed by atoms with van der Waals surface area (Å²) in [7, 11) is 0. The van der Waals surface area contributed by atoms with Crippen molar-refractivity contribution in [3.05, 3.63) is 22.2 Å². The Kier molecular flexibility index (Phi) is 3.33. The maximum Gasteiger partial charge on any atom is 0.0616 e. The van der Waals surface area contributed by atoms with Gasteiger partial charge in [-0.2, -0.15) is 0 Å². The van der Waals surface area contributed by atoms with Gasteiger partial charge in [-0.1, -0.05) is 23.2 Å². The van der Waals surface area contributed by atoms with Crippen molar-refractivity contribution >= 4 is 34.6 Å². The quantitative estimate of drug-likeness (QED) is 0.821. The van der Waals surface area contributed by atoms with Gasteiger partial charge in [0.2, 0.25) is 0 Å². The van der Waals surface area contributed by atoms with Crippen LogP contribution in [0.15, 0.2) is 12.1 Å². The molecule has 2 aliphatic carbocycles. The van der Waals surface area contributed by atoms with Crippen LogP contribution in [0.2, 0.25) is 10.0 Å². The lowest BCUT2D eigenvalue weighted by atomic mass is 10.2. The monoisotopic (exact) mass is 284 g/mol. The van der Waals surface area contributed by atoms with Crippen LogP contribution in [-0.2, 0) is 0 Å². The summed E-state index contributed by atoms with van der Waals surface area (Å²) in [6.07, 6.45) is 5.40. The molecule has 0 bridgehead atoms. The maximum atomic E-state index is 6.12. The van der Waals surface area contributed by atoms with E-state index in [9.17, 15) is 0 Å². The molecule has 0 aliphatic heterocycles. The Labute approximate surface area is 118 Å². The van der Waals surface area contributed by atoms with Crippen LogP contribution in [-0.4, -0.2) is 13.1 Å². The highest BCUT2D eigenvalue weighted by atomic mass is 35.5. The molecule has 1 aromatic carbocycles. The Balaban J connectivity index is 1.84. The molecule has 0 unspecified atom stereocenters. The van der Waals surface area contributed by atoms with Crippen molar-refractivity contribution in [1.82, 2.24) is 0 Å². The molecule has 18 heavy (non-hydrogen) atoms. The third-order valence-corrected chi connectivity index (χ3v) is 4.48. The van der Waals surface area contributed by atoms with Crippen molar-refractivity contribution in [3.63, 3.8) is 0 Å². The molecule has 2 nitrogen and oxygen atoms in total. The lowest BCUT2D eigenvalue weighted by Crippen LogP contribution is -2.28. The van der Waals surface area contributed by atoms with Crippen molar-refractivity contribution in [3.8, 4) is 0 Å². The maximum absolute atomic E-state index is 6.12. The van der Waals surface area contributed by atoms with Crippen LogP contribution < -0.4 is 10.6 Å². The number of nitrogen functional groups attached to an aromatic ring is 1. The van der Waals surface area contributed by atoms with E-state index in [1.54, 1.807) is 6.07 Å². The van der Waals surface area contributed by atoms with Crippen LogP contribution in [0.4, 0.5) is 11.4 Å². The van der Waals surface area contributed by atoms with Gasteiger partial charge in [0.25, 0.3) is 0 Å². The fraction of sp³-hybridized carbons (Fsp3) is 0.571. The average molecular weight is 285 g/mol. The normalized spacial score (nSPS) is 19.0. The molecule has 0 spiro atoms. The molecular weight excluding hydrogens is 267 g/mol. The molecule has 2 fully saturated rings. The van der Waals surface area contributed by atoms with Gasteiger partial charge in [0.15, 0.2) is 0 Å². The summed E-state index contributed by atoms with van der Waals surface area (Å²) < 4.78 is 0. The smallest absolute Gasteiger partial charge is 0.0616 e. The van der Waals surface area contributed by atoms with Gasteiger partial charge < -0.3 is 10.6 Å². The standard InChI is InChI=1S/C14H18Cl2N2/c15-11-5-13(17)14(6-12(11)16)18(7-9-1-2-9)8-10-3-4-10/h5-6,9-10H,1-4,7-8,17H2. The van der Waals surface area contributed by atoms with E-state index in [1.807, 2.05) is 6.07 Å². The molecule has 0 radical (unpaired) electrons. The number of hydrogen-bond acceptors (Lipinski definition) is 2. The third kappa shape index (κ3) is 2.86. The zero-order chi connectivity index (χ0) is 12.7. The van der Waals surface area contributed by atoms with Gasteiger partial charge in [-0.25, -0.2) is 0 Å². The van der Waals surface area contributed by atoms with Crippen LogP contribution in [0.25, 0.3) is 0 Å². The molecule has 1 aromatic rings. The number of rotatable bonds is 5. The van der Waals surface area contributed by atoms with E-state index < -0.39 is 0 Å². The minimum Gasteiger partial charge on any atom is -0.397 e. The second-order valence-corrected chi connectivity index (χ2v) is 6.43. The predicted molar refractivity (Wildman–Crippen MR) is 78.5 cm³/mol. The van der Waals surface area contributed by atoms with Crippen LogP contribution >= 0.6 is 23.2 Å². The molecule has 0 atom stereocenters. The largest absolute Gasteiger partial charge is 0.397 e. The van der Waals surface area contributed by atoms with Crippen LogP contribution in [0.1, 0.15) is 25.7 Å². The van der Waals surface area contributed by atoms with Gasteiger partial charge in [-0.15, -0.1) is 0 Å². The summed E-state index contributed by atoms with van der Waals surface area (Å²) in [5, 5.41) is 1.13. The molecule has 2 saturated carbocycles. The highest BCUT2D eigenvalue weighted by Crippen LogP contribution is 2.39. The fourth-order valence-electron chi connectivity index (χ4n) is 2.32. The van der Waals surface area contributed by atoms with Crippen LogP contribution in [0.3, 0.4) is 0 Å². The molecule has 2 N–H and O–H groups in total. The Morgan fingerprint density at radius 1 is 1.00 bits per heavy atom. The number of benzene rings is 1. The summed E-state index contributed by atoms with van der Waals surface area (Å²) in [6, 6.07) is 3.69. The van der Waals surface area contributed by atoms with Crippen molar-refractivity contribution < 1.29 is 0 Å². The summed E-state index contributed by atoms with van der Waals surface area (Å²) in [6.45, 7) is 2.22. The van der Waals surface area contributed by atoms with Crippen molar-refractivity contribution in [1.29, 1.82) is 0 Å². The van der Waals surface area contributed by atoms with Crippen molar-refractivity contribution in [2.24, 2.45) is 11.8 Å². The molecule has 0 heterocycles. The SMILES string of the molecule is Nc1cc(Cl)c(Cl)cc1N(CC1CC1)CC1CC1. The summed E-state index contributed by atoms with van der Waals surface area (Å²) in [5.41, 5.74) is 7.90. The van der Waals surface area contributed by atoms with Gasteiger partial charge in [0.05, 0.1) is 21.4 Å². The minimum atomic E-state index is 0.538. The zero-order valence-electron chi connectivity index (χ0n) is 10.3. The lowest BCUT2D eigenvalue weighted by Gasteiger charge is -2.26. The Hall–Kier alpha value is -0.600. The van der Waals surface area contributed by atoms with Crippen molar-refractivity contribution in [2.75, 3.05) is 23.7 Å². The minimum absolute atomic E-state index is 0.538. The number of halogens is 2. The zero-order valence-corrected chi connectivity index (χ0v) is 11.8. The number of hydrogen-bond donors (Lipinski definition) is 1. The van der Waals surface area contributed by atoms with Gasteiger partial charge in [-0.05, 0) is 49.7 Å². The van der Waals surface area contributed by atoms with Gasteiger partial charge in [-0.3, -0.25) is 0 Å². The molecule has 3 rings (SSSR count). The van der Waals surface area contributed by atoms with Gasteiger partial charge >= 0.3 is 0 Å².